The molecule has 4 aromatic rings. The van der Waals surface area contributed by atoms with Gasteiger partial charge in [-0.2, -0.15) is 13.1 Å². The summed E-state index contributed by atoms with van der Waals surface area (Å²) in [6.07, 6.45) is 0.649. The van der Waals surface area contributed by atoms with Crippen molar-refractivity contribution in [2.75, 3.05) is 6.54 Å². The zero-order chi connectivity index (χ0) is 18.9. The van der Waals surface area contributed by atoms with Crippen LogP contribution >= 0.6 is 23.1 Å². The standard InChI is InChI=1S/C16H15N5O3S3/c1-2-8-21(10-14-17-18-16(24-14)12-6-4-9-25-12)27(22,23)13-7-3-5-11-15(13)20-26-19-11/h3-7,9H,2,8,10H2,1H3. The number of hydrogen-bond donors (Lipinski definition) is 0. The van der Waals surface area contributed by atoms with Gasteiger partial charge < -0.3 is 4.42 Å². The fourth-order valence-corrected chi connectivity index (χ4v) is 5.51. The number of sulfonamides is 1. The molecule has 3 aromatic heterocycles. The first-order valence-corrected chi connectivity index (χ1v) is 11.2. The summed E-state index contributed by atoms with van der Waals surface area (Å²) in [4.78, 5) is 0.983. The smallest absolute Gasteiger partial charge is 0.257 e. The number of nitrogens with zero attached hydrogens (tertiary/aromatic N) is 5. The van der Waals surface area contributed by atoms with Crippen molar-refractivity contribution in [1.82, 2.24) is 23.2 Å². The molecular weight excluding hydrogens is 406 g/mol. The predicted molar refractivity (Wildman–Crippen MR) is 103 cm³/mol. The second-order valence-corrected chi connectivity index (χ2v) is 9.09. The van der Waals surface area contributed by atoms with Gasteiger partial charge in [0.05, 0.1) is 23.2 Å². The van der Waals surface area contributed by atoms with Gasteiger partial charge in [0.15, 0.2) is 0 Å². The van der Waals surface area contributed by atoms with Crippen LogP contribution in [0, 0.1) is 0 Å². The Kier molecular flexibility index (Phi) is 5.00. The quantitative estimate of drug-likeness (QED) is 0.450. The van der Waals surface area contributed by atoms with Crippen LogP contribution in [0.25, 0.3) is 21.8 Å². The van der Waals surface area contributed by atoms with E-state index in [9.17, 15) is 8.42 Å². The van der Waals surface area contributed by atoms with Crippen molar-refractivity contribution in [2.45, 2.75) is 24.8 Å². The maximum atomic E-state index is 13.2. The maximum Gasteiger partial charge on any atom is 0.257 e. The minimum absolute atomic E-state index is 0.00248. The molecule has 0 N–H and O–H groups in total. The molecule has 0 radical (unpaired) electrons. The second kappa shape index (κ2) is 7.43. The highest BCUT2D eigenvalue weighted by Gasteiger charge is 2.29. The van der Waals surface area contributed by atoms with E-state index in [1.165, 1.54) is 15.6 Å². The van der Waals surface area contributed by atoms with Crippen molar-refractivity contribution in [3.8, 4) is 10.8 Å². The average Bonchev–Trinajstić information content (AvgIpc) is 3.40. The molecule has 3 heterocycles. The van der Waals surface area contributed by atoms with Gasteiger partial charge in [-0.3, -0.25) is 0 Å². The van der Waals surface area contributed by atoms with Crippen LogP contribution in [0.15, 0.2) is 45.0 Å². The molecule has 0 saturated carbocycles. The third-order valence-electron chi connectivity index (χ3n) is 3.85. The highest BCUT2D eigenvalue weighted by molar-refractivity contribution is 7.89. The van der Waals surface area contributed by atoms with Gasteiger partial charge in [0.2, 0.25) is 15.9 Å². The summed E-state index contributed by atoms with van der Waals surface area (Å²) >= 11 is 2.47. The third kappa shape index (κ3) is 3.50. The largest absolute Gasteiger partial charge is 0.418 e. The van der Waals surface area contributed by atoms with Crippen molar-refractivity contribution >= 4 is 44.1 Å². The van der Waals surface area contributed by atoms with E-state index in [0.29, 0.717) is 29.9 Å². The number of benzene rings is 1. The van der Waals surface area contributed by atoms with Crippen molar-refractivity contribution in [2.24, 2.45) is 0 Å². The molecule has 4 rings (SSSR count). The summed E-state index contributed by atoms with van der Waals surface area (Å²) in [6, 6.07) is 8.72. The number of thiophene rings is 1. The van der Waals surface area contributed by atoms with Gasteiger partial charge in [-0.05, 0) is 30.0 Å². The second-order valence-electron chi connectivity index (χ2n) is 5.70. The van der Waals surface area contributed by atoms with Crippen molar-refractivity contribution < 1.29 is 12.8 Å². The van der Waals surface area contributed by atoms with Crippen LogP contribution in [-0.4, -0.2) is 38.2 Å². The van der Waals surface area contributed by atoms with E-state index in [1.807, 2.05) is 24.4 Å². The SMILES string of the molecule is CCCN(Cc1nnc(-c2cccs2)o1)S(=O)(=O)c1cccc2nsnc12. The van der Waals surface area contributed by atoms with Gasteiger partial charge in [0.25, 0.3) is 5.89 Å². The number of hydrogen-bond acceptors (Lipinski definition) is 9. The number of fused-ring (bicyclic) bond motifs is 1. The van der Waals surface area contributed by atoms with Crippen LogP contribution in [0.1, 0.15) is 19.2 Å². The first-order valence-electron chi connectivity index (χ1n) is 8.17. The van der Waals surface area contributed by atoms with Crippen LogP contribution < -0.4 is 0 Å². The average molecular weight is 422 g/mol. The number of rotatable bonds is 7. The van der Waals surface area contributed by atoms with Crippen LogP contribution in [0.5, 0.6) is 0 Å². The molecule has 0 atom stereocenters. The molecule has 8 nitrogen and oxygen atoms in total. The molecule has 0 fully saturated rings. The van der Waals surface area contributed by atoms with Crippen LogP contribution in [0.3, 0.4) is 0 Å². The lowest BCUT2D eigenvalue weighted by Gasteiger charge is -2.20. The first-order chi connectivity index (χ1) is 13.1. The fourth-order valence-electron chi connectivity index (χ4n) is 2.63. The van der Waals surface area contributed by atoms with Crippen molar-refractivity contribution in [1.29, 1.82) is 0 Å². The molecule has 11 heteroatoms. The summed E-state index contributed by atoms with van der Waals surface area (Å²) < 4.78 is 41.8. The Bertz CT molecular complexity index is 1150. The molecule has 0 unspecified atom stereocenters. The molecule has 0 spiro atoms. The van der Waals surface area contributed by atoms with Crippen LogP contribution in [0.2, 0.25) is 0 Å². The summed E-state index contributed by atoms with van der Waals surface area (Å²) in [5, 5.41) is 9.94. The highest BCUT2D eigenvalue weighted by atomic mass is 32.2. The van der Waals surface area contributed by atoms with Crippen molar-refractivity contribution in [3.05, 3.63) is 41.6 Å². The molecule has 0 saturated heterocycles. The van der Waals surface area contributed by atoms with Gasteiger partial charge in [-0.1, -0.05) is 19.1 Å². The van der Waals surface area contributed by atoms with E-state index < -0.39 is 10.0 Å². The zero-order valence-electron chi connectivity index (χ0n) is 14.3. The fraction of sp³-hybridized carbons (Fsp3) is 0.250. The van der Waals surface area contributed by atoms with E-state index in [-0.39, 0.29) is 17.3 Å². The Labute approximate surface area is 163 Å². The molecule has 0 aliphatic rings. The molecular formula is C16H15N5O3S3. The van der Waals surface area contributed by atoms with Gasteiger partial charge in [-0.25, -0.2) is 8.42 Å². The maximum absolute atomic E-state index is 13.2. The highest BCUT2D eigenvalue weighted by Crippen LogP contribution is 2.27. The number of aromatic nitrogens is 4. The van der Waals surface area contributed by atoms with Crippen LogP contribution in [-0.2, 0) is 16.6 Å². The van der Waals surface area contributed by atoms with Crippen molar-refractivity contribution in [3.63, 3.8) is 0 Å². The molecule has 0 bridgehead atoms. The molecule has 0 aliphatic heterocycles. The summed E-state index contributed by atoms with van der Waals surface area (Å²) in [7, 11) is -3.79. The van der Waals surface area contributed by atoms with E-state index in [4.69, 9.17) is 4.42 Å². The molecule has 140 valence electrons. The van der Waals surface area contributed by atoms with E-state index in [2.05, 4.69) is 18.9 Å². The summed E-state index contributed by atoms with van der Waals surface area (Å²) in [6.45, 7) is 2.24. The lowest BCUT2D eigenvalue weighted by Crippen LogP contribution is -2.31. The topological polar surface area (TPSA) is 102 Å². The molecule has 0 amide bonds. The third-order valence-corrected chi connectivity index (χ3v) is 7.13. The minimum Gasteiger partial charge on any atom is -0.418 e. The van der Waals surface area contributed by atoms with E-state index in [0.717, 1.165) is 16.6 Å². The summed E-state index contributed by atoms with van der Waals surface area (Å²) in [5.74, 6) is 0.638. The monoisotopic (exact) mass is 421 g/mol. The minimum atomic E-state index is -3.79. The Balaban J connectivity index is 1.67. The normalized spacial score (nSPS) is 12.2. The Morgan fingerprint density at radius 3 is 2.81 bits per heavy atom. The lowest BCUT2D eigenvalue weighted by molar-refractivity contribution is 0.358. The van der Waals surface area contributed by atoms with E-state index >= 15 is 0 Å². The Morgan fingerprint density at radius 1 is 1.15 bits per heavy atom. The lowest BCUT2D eigenvalue weighted by atomic mass is 10.3. The van der Waals surface area contributed by atoms with E-state index in [1.54, 1.807) is 18.2 Å². The molecule has 0 aliphatic carbocycles. The van der Waals surface area contributed by atoms with Crippen LogP contribution in [0.4, 0.5) is 0 Å². The summed E-state index contributed by atoms with van der Waals surface area (Å²) in [5.41, 5.74) is 0.948. The zero-order valence-corrected chi connectivity index (χ0v) is 16.7. The van der Waals surface area contributed by atoms with Gasteiger partial charge in [0.1, 0.15) is 15.9 Å². The molecule has 1 aromatic carbocycles. The van der Waals surface area contributed by atoms with Gasteiger partial charge >= 0.3 is 0 Å². The Hall–Kier alpha value is -2.21. The molecule has 27 heavy (non-hydrogen) atoms. The predicted octanol–water partition coefficient (Wildman–Crippen LogP) is 3.40. The van der Waals surface area contributed by atoms with Gasteiger partial charge in [-0.15, -0.1) is 21.5 Å². The van der Waals surface area contributed by atoms with Gasteiger partial charge in [0, 0.05) is 6.54 Å². The first kappa shape index (κ1) is 18.2. The Morgan fingerprint density at radius 2 is 2.04 bits per heavy atom.